The Bertz CT molecular complexity index is 420. The fraction of sp³-hybridized carbons (Fsp3) is 0.111. The molecule has 3 N–H and O–H groups in total. The van der Waals surface area contributed by atoms with Crippen molar-refractivity contribution in [2.24, 2.45) is 10.8 Å². The first-order chi connectivity index (χ1) is 7.00. The lowest BCUT2D eigenvalue weighted by molar-refractivity contribution is 0.249. The summed E-state index contributed by atoms with van der Waals surface area (Å²) in [6.45, 7) is 1.64. The lowest BCUT2D eigenvalue weighted by Gasteiger charge is -2.02. The van der Waals surface area contributed by atoms with Crippen LogP contribution in [0.25, 0.3) is 0 Å². The van der Waals surface area contributed by atoms with Crippen LogP contribution in [0.5, 0.6) is 0 Å². The zero-order valence-corrected chi connectivity index (χ0v) is 8.68. The van der Waals surface area contributed by atoms with Gasteiger partial charge in [-0.05, 0) is 24.6 Å². The maximum Gasteiger partial charge on any atom is 0.332 e. The van der Waals surface area contributed by atoms with E-state index >= 15 is 0 Å². The van der Waals surface area contributed by atoms with Crippen LogP contribution in [-0.4, -0.2) is 11.7 Å². The summed E-state index contributed by atoms with van der Waals surface area (Å²) in [4.78, 5) is 10.4. The number of rotatable bonds is 2. The number of nitrogens with one attached hydrogen (secondary N) is 1. The number of hydrazone groups is 1. The van der Waals surface area contributed by atoms with Crippen LogP contribution in [0, 0.1) is 5.82 Å². The Morgan fingerprint density at radius 3 is 2.80 bits per heavy atom. The molecule has 1 aromatic rings. The molecule has 0 heterocycles. The van der Waals surface area contributed by atoms with E-state index in [9.17, 15) is 9.18 Å². The number of urea groups is 1. The molecular formula is C9H9ClFN3O. The maximum absolute atomic E-state index is 12.8. The molecule has 1 aromatic carbocycles. The van der Waals surface area contributed by atoms with E-state index in [1.165, 1.54) is 18.2 Å². The SMILES string of the molecule is CC(=NNC(N)=O)c1ccc(F)c(Cl)c1. The molecule has 0 saturated carbocycles. The highest BCUT2D eigenvalue weighted by atomic mass is 35.5. The van der Waals surface area contributed by atoms with Gasteiger partial charge in [0.15, 0.2) is 0 Å². The monoisotopic (exact) mass is 229 g/mol. The molecule has 0 aliphatic carbocycles. The summed E-state index contributed by atoms with van der Waals surface area (Å²) in [7, 11) is 0. The number of halogens is 2. The van der Waals surface area contributed by atoms with Gasteiger partial charge in [-0.15, -0.1) is 0 Å². The summed E-state index contributed by atoms with van der Waals surface area (Å²) < 4.78 is 12.8. The van der Waals surface area contributed by atoms with Crippen molar-refractivity contribution in [2.45, 2.75) is 6.92 Å². The number of carbonyl (C=O) groups is 1. The minimum Gasteiger partial charge on any atom is -0.350 e. The van der Waals surface area contributed by atoms with E-state index in [-0.39, 0.29) is 5.02 Å². The molecule has 1 rings (SSSR count). The van der Waals surface area contributed by atoms with Gasteiger partial charge in [0, 0.05) is 0 Å². The topological polar surface area (TPSA) is 67.5 Å². The summed E-state index contributed by atoms with van der Waals surface area (Å²) in [5, 5.41) is 3.68. The van der Waals surface area contributed by atoms with Crippen molar-refractivity contribution in [1.29, 1.82) is 0 Å². The van der Waals surface area contributed by atoms with Gasteiger partial charge in [0.05, 0.1) is 10.7 Å². The Morgan fingerprint density at radius 1 is 1.60 bits per heavy atom. The highest BCUT2D eigenvalue weighted by molar-refractivity contribution is 6.31. The molecule has 0 aromatic heterocycles. The molecule has 0 aliphatic rings. The molecule has 0 fully saturated rings. The van der Waals surface area contributed by atoms with Gasteiger partial charge >= 0.3 is 6.03 Å². The van der Waals surface area contributed by atoms with Gasteiger partial charge in [0.2, 0.25) is 0 Å². The van der Waals surface area contributed by atoms with Crippen LogP contribution in [-0.2, 0) is 0 Å². The highest BCUT2D eigenvalue weighted by Gasteiger charge is 2.03. The standard InChI is InChI=1S/C9H9ClFN3O/c1-5(13-14-9(12)15)6-2-3-8(11)7(10)4-6/h2-4H,1H3,(H3,12,14,15). The van der Waals surface area contributed by atoms with Crippen molar-refractivity contribution in [3.63, 3.8) is 0 Å². The van der Waals surface area contributed by atoms with E-state index in [1.807, 2.05) is 0 Å². The van der Waals surface area contributed by atoms with Crippen LogP contribution in [0.4, 0.5) is 9.18 Å². The van der Waals surface area contributed by atoms with E-state index in [4.69, 9.17) is 17.3 Å². The molecule has 0 radical (unpaired) electrons. The van der Waals surface area contributed by atoms with Gasteiger partial charge in [-0.25, -0.2) is 14.6 Å². The van der Waals surface area contributed by atoms with Gasteiger partial charge in [-0.3, -0.25) is 0 Å². The summed E-state index contributed by atoms with van der Waals surface area (Å²) in [5.74, 6) is -0.504. The molecule has 2 amide bonds. The van der Waals surface area contributed by atoms with Crippen LogP contribution in [0.1, 0.15) is 12.5 Å². The van der Waals surface area contributed by atoms with Crippen molar-refractivity contribution in [3.8, 4) is 0 Å². The maximum atomic E-state index is 12.8. The Labute approximate surface area is 90.9 Å². The zero-order chi connectivity index (χ0) is 11.4. The normalized spacial score (nSPS) is 11.3. The molecule has 6 heteroatoms. The molecule has 0 spiro atoms. The van der Waals surface area contributed by atoms with E-state index < -0.39 is 11.8 Å². The number of hydrogen-bond acceptors (Lipinski definition) is 2. The largest absolute Gasteiger partial charge is 0.350 e. The van der Waals surface area contributed by atoms with E-state index in [0.29, 0.717) is 11.3 Å². The van der Waals surface area contributed by atoms with Crippen molar-refractivity contribution in [1.82, 2.24) is 5.43 Å². The number of primary amides is 1. The number of nitrogens with two attached hydrogens (primary N) is 1. The van der Waals surface area contributed by atoms with Gasteiger partial charge in [0.25, 0.3) is 0 Å². The minimum absolute atomic E-state index is 0.00104. The lowest BCUT2D eigenvalue weighted by atomic mass is 10.1. The molecule has 80 valence electrons. The third kappa shape index (κ3) is 3.21. The third-order valence-electron chi connectivity index (χ3n) is 1.67. The second kappa shape index (κ2) is 4.75. The lowest BCUT2D eigenvalue weighted by Crippen LogP contribution is -2.25. The number of benzene rings is 1. The fourth-order valence-electron chi connectivity index (χ4n) is 0.925. The van der Waals surface area contributed by atoms with Gasteiger partial charge in [0.1, 0.15) is 5.82 Å². The summed E-state index contributed by atoms with van der Waals surface area (Å²) in [5.41, 5.74) is 7.99. The molecule has 15 heavy (non-hydrogen) atoms. The molecule has 0 bridgehead atoms. The van der Waals surface area contributed by atoms with Gasteiger partial charge in [-0.2, -0.15) is 5.10 Å². The van der Waals surface area contributed by atoms with Gasteiger partial charge in [-0.1, -0.05) is 17.7 Å². The molecular weight excluding hydrogens is 221 g/mol. The predicted molar refractivity (Wildman–Crippen MR) is 56.3 cm³/mol. The van der Waals surface area contributed by atoms with Crippen LogP contribution >= 0.6 is 11.6 Å². The predicted octanol–water partition coefficient (Wildman–Crippen LogP) is 1.87. The third-order valence-corrected chi connectivity index (χ3v) is 1.96. The Kier molecular flexibility index (Phi) is 3.62. The first kappa shape index (κ1) is 11.5. The average Bonchev–Trinajstić information content (AvgIpc) is 2.18. The van der Waals surface area contributed by atoms with Crippen LogP contribution in [0.15, 0.2) is 23.3 Å². The van der Waals surface area contributed by atoms with Crippen LogP contribution < -0.4 is 11.2 Å². The molecule has 0 aliphatic heterocycles. The number of amides is 2. The molecule has 0 unspecified atom stereocenters. The zero-order valence-electron chi connectivity index (χ0n) is 7.92. The quantitative estimate of drug-likeness (QED) is 0.590. The number of carbonyl (C=O) groups excluding carboxylic acids is 1. The number of hydrogen-bond donors (Lipinski definition) is 2. The fourth-order valence-corrected chi connectivity index (χ4v) is 1.11. The van der Waals surface area contributed by atoms with Gasteiger partial charge < -0.3 is 5.73 Å². The Balaban J connectivity index is 2.91. The smallest absolute Gasteiger partial charge is 0.332 e. The van der Waals surface area contributed by atoms with Crippen LogP contribution in [0.3, 0.4) is 0 Å². The first-order valence-corrected chi connectivity index (χ1v) is 4.43. The summed E-state index contributed by atoms with van der Waals surface area (Å²) in [6, 6.07) is 3.38. The van der Waals surface area contributed by atoms with E-state index in [2.05, 4.69) is 10.5 Å². The van der Waals surface area contributed by atoms with E-state index in [0.717, 1.165) is 0 Å². The summed E-state index contributed by atoms with van der Waals surface area (Å²) in [6.07, 6.45) is 0. The minimum atomic E-state index is -0.762. The Hall–Kier alpha value is -1.62. The first-order valence-electron chi connectivity index (χ1n) is 4.06. The number of nitrogens with zero attached hydrogens (tertiary/aromatic N) is 1. The summed E-state index contributed by atoms with van der Waals surface area (Å²) >= 11 is 5.58. The average molecular weight is 230 g/mol. The second-order valence-electron chi connectivity index (χ2n) is 2.80. The van der Waals surface area contributed by atoms with Crippen molar-refractivity contribution in [3.05, 3.63) is 34.6 Å². The van der Waals surface area contributed by atoms with Crippen molar-refractivity contribution < 1.29 is 9.18 Å². The molecule has 0 saturated heterocycles. The van der Waals surface area contributed by atoms with Crippen LogP contribution in [0.2, 0.25) is 5.02 Å². The molecule has 0 atom stereocenters. The Morgan fingerprint density at radius 2 is 2.27 bits per heavy atom. The molecule has 4 nitrogen and oxygen atoms in total. The van der Waals surface area contributed by atoms with Crippen molar-refractivity contribution in [2.75, 3.05) is 0 Å². The van der Waals surface area contributed by atoms with E-state index in [1.54, 1.807) is 6.92 Å². The second-order valence-corrected chi connectivity index (χ2v) is 3.21. The van der Waals surface area contributed by atoms with Crippen molar-refractivity contribution >= 4 is 23.3 Å². The highest BCUT2D eigenvalue weighted by Crippen LogP contribution is 2.16.